The molecule has 0 aromatic carbocycles. The minimum absolute atomic E-state index is 0.272. The first kappa shape index (κ1) is 14.9. The zero-order valence-corrected chi connectivity index (χ0v) is 11.3. The zero-order chi connectivity index (χ0) is 15.8. The molecule has 0 aliphatic rings. The van der Waals surface area contributed by atoms with Gasteiger partial charge in [-0.05, 0) is 24.3 Å². The quantitative estimate of drug-likeness (QED) is 0.796. The molecule has 0 saturated carbocycles. The molecule has 2 rings (SSSR count). The molecular formula is C15H10N4O3. The van der Waals surface area contributed by atoms with Gasteiger partial charge in [-0.25, -0.2) is 4.79 Å². The van der Waals surface area contributed by atoms with E-state index in [2.05, 4.69) is 9.97 Å². The Hall–Kier alpha value is -3.45. The SMILES string of the molecule is N#CC(OC(=O)OC(C#N)c1ccccn1)c1ccccn1. The van der Waals surface area contributed by atoms with Gasteiger partial charge in [0.25, 0.3) is 0 Å². The average Bonchev–Trinajstić information content (AvgIpc) is 2.59. The van der Waals surface area contributed by atoms with Gasteiger partial charge in [0.05, 0.1) is 11.4 Å². The van der Waals surface area contributed by atoms with Crippen LogP contribution in [0.3, 0.4) is 0 Å². The van der Waals surface area contributed by atoms with Crippen LogP contribution in [0.1, 0.15) is 23.6 Å². The van der Waals surface area contributed by atoms with E-state index >= 15 is 0 Å². The van der Waals surface area contributed by atoms with Crippen LogP contribution in [0.25, 0.3) is 0 Å². The molecule has 7 nitrogen and oxygen atoms in total. The van der Waals surface area contributed by atoms with Crippen molar-refractivity contribution in [1.82, 2.24) is 9.97 Å². The van der Waals surface area contributed by atoms with Gasteiger partial charge in [0.15, 0.2) is 0 Å². The fourth-order valence-electron chi connectivity index (χ4n) is 1.59. The van der Waals surface area contributed by atoms with Crippen LogP contribution in [0.15, 0.2) is 48.8 Å². The van der Waals surface area contributed by atoms with E-state index in [-0.39, 0.29) is 11.4 Å². The van der Waals surface area contributed by atoms with E-state index < -0.39 is 18.4 Å². The van der Waals surface area contributed by atoms with Crippen LogP contribution in [0.2, 0.25) is 0 Å². The van der Waals surface area contributed by atoms with Crippen molar-refractivity contribution in [2.75, 3.05) is 0 Å². The van der Waals surface area contributed by atoms with Crippen LogP contribution >= 0.6 is 0 Å². The van der Waals surface area contributed by atoms with Gasteiger partial charge in [0.2, 0.25) is 12.2 Å². The number of nitrogens with zero attached hydrogens (tertiary/aromatic N) is 4. The lowest BCUT2D eigenvalue weighted by atomic mass is 10.2. The van der Waals surface area contributed by atoms with Gasteiger partial charge in [0, 0.05) is 12.4 Å². The molecule has 0 fully saturated rings. The molecule has 2 atom stereocenters. The summed E-state index contributed by atoms with van der Waals surface area (Å²) >= 11 is 0. The van der Waals surface area contributed by atoms with Crippen molar-refractivity contribution < 1.29 is 14.3 Å². The maximum Gasteiger partial charge on any atom is 0.511 e. The molecular weight excluding hydrogens is 284 g/mol. The van der Waals surface area contributed by atoms with Crippen LogP contribution in [0.4, 0.5) is 4.79 Å². The van der Waals surface area contributed by atoms with Crippen molar-refractivity contribution in [2.24, 2.45) is 0 Å². The molecule has 2 unspecified atom stereocenters. The Balaban J connectivity index is 2.03. The van der Waals surface area contributed by atoms with E-state index in [0.29, 0.717) is 0 Å². The Bertz CT molecular complexity index is 646. The highest BCUT2D eigenvalue weighted by atomic mass is 16.7. The number of pyridine rings is 2. The summed E-state index contributed by atoms with van der Waals surface area (Å²) in [6.45, 7) is 0. The molecule has 2 aromatic rings. The summed E-state index contributed by atoms with van der Waals surface area (Å²) in [7, 11) is 0. The largest absolute Gasteiger partial charge is 0.511 e. The molecule has 0 amide bonds. The second kappa shape index (κ2) is 7.36. The summed E-state index contributed by atoms with van der Waals surface area (Å²) in [4.78, 5) is 19.6. The van der Waals surface area contributed by atoms with Crippen molar-refractivity contribution in [3.63, 3.8) is 0 Å². The number of carbonyl (C=O) groups excluding carboxylic acids is 1. The number of hydrogen-bond donors (Lipinski definition) is 0. The summed E-state index contributed by atoms with van der Waals surface area (Å²) in [5, 5.41) is 18.1. The summed E-state index contributed by atoms with van der Waals surface area (Å²) in [6, 6.07) is 13.3. The van der Waals surface area contributed by atoms with Crippen molar-refractivity contribution in [3.05, 3.63) is 60.2 Å². The van der Waals surface area contributed by atoms with Crippen LogP contribution in [0, 0.1) is 22.7 Å². The van der Waals surface area contributed by atoms with E-state index in [9.17, 15) is 4.79 Å². The standard InChI is InChI=1S/C15H10N4O3/c16-9-13(11-5-1-3-7-18-11)21-15(20)22-14(10-17)12-6-2-4-8-19-12/h1-8,13-14H. The molecule has 7 heteroatoms. The molecule has 0 saturated heterocycles. The van der Waals surface area contributed by atoms with Gasteiger partial charge < -0.3 is 9.47 Å². The smallest absolute Gasteiger partial charge is 0.409 e. The summed E-state index contributed by atoms with van der Waals surface area (Å²) in [6.07, 6.45) is -0.622. The predicted octanol–water partition coefficient (Wildman–Crippen LogP) is 2.46. The Morgan fingerprint density at radius 2 is 1.36 bits per heavy atom. The van der Waals surface area contributed by atoms with Crippen LogP contribution in [-0.4, -0.2) is 16.1 Å². The number of aromatic nitrogens is 2. The van der Waals surface area contributed by atoms with Gasteiger partial charge in [-0.2, -0.15) is 10.5 Å². The highest BCUT2D eigenvalue weighted by Crippen LogP contribution is 2.18. The summed E-state index contributed by atoms with van der Waals surface area (Å²) < 4.78 is 9.75. The van der Waals surface area contributed by atoms with Crippen molar-refractivity contribution >= 4 is 6.16 Å². The molecule has 0 aliphatic heterocycles. The Labute approximate surface area is 126 Å². The first-order valence-electron chi connectivity index (χ1n) is 6.23. The number of ether oxygens (including phenoxy) is 2. The van der Waals surface area contributed by atoms with Gasteiger partial charge in [0.1, 0.15) is 12.1 Å². The molecule has 0 radical (unpaired) electrons. The average molecular weight is 294 g/mol. The topological polar surface area (TPSA) is 109 Å². The molecule has 0 bridgehead atoms. The second-order valence-electron chi connectivity index (χ2n) is 4.01. The maximum atomic E-state index is 11.7. The molecule has 2 aromatic heterocycles. The van der Waals surface area contributed by atoms with E-state index in [1.54, 1.807) is 48.5 Å². The Morgan fingerprint density at radius 3 is 1.68 bits per heavy atom. The third-order valence-corrected chi connectivity index (χ3v) is 2.58. The van der Waals surface area contributed by atoms with Crippen molar-refractivity contribution in [1.29, 1.82) is 10.5 Å². The molecule has 22 heavy (non-hydrogen) atoms. The molecule has 0 N–H and O–H groups in total. The number of carbonyl (C=O) groups is 1. The number of hydrogen-bond acceptors (Lipinski definition) is 7. The van der Waals surface area contributed by atoms with Crippen molar-refractivity contribution in [3.8, 4) is 12.1 Å². The lowest BCUT2D eigenvalue weighted by Crippen LogP contribution is -2.16. The Kier molecular flexibility index (Phi) is 5.00. The van der Waals surface area contributed by atoms with E-state index in [1.165, 1.54) is 12.4 Å². The maximum absolute atomic E-state index is 11.7. The fourth-order valence-corrected chi connectivity index (χ4v) is 1.59. The zero-order valence-electron chi connectivity index (χ0n) is 11.3. The van der Waals surface area contributed by atoms with Crippen molar-refractivity contribution in [2.45, 2.75) is 12.2 Å². The van der Waals surface area contributed by atoms with E-state index in [4.69, 9.17) is 20.0 Å². The second-order valence-corrected chi connectivity index (χ2v) is 4.01. The fraction of sp³-hybridized carbons (Fsp3) is 0.133. The molecule has 108 valence electrons. The first-order chi connectivity index (χ1) is 10.7. The Morgan fingerprint density at radius 1 is 0.909 bits per heavy atom. The lowest BCUT2D eigenvalue weighted by Gasteiger charge is -2.13. The van der Waals surface area contributed by atoms with Crippen LogP contribution in [0.5, 0.6) is 0 Å². The van der Waals surface area contributed by atoms with Gasteiger partial charge in [-0.3, -0.25) is 9.97 Å². The molecule has 2 heterocycles. The summed E-state index contributed by atoms with van der Waals surface area (Å²) in [5.41, 5.74) is 0.543. The number of nitriles is 2. The highest BCUT2D eigenvalue weighted by molar-refractivity contribution is 5.61. The molecule has 0 spiro atoms. The van der Waals surface area contributed by atoms with Crippen LogP contribution in [-0.2, 0) is 9.47 Å². The highest BCUT2D eigenvalue weighted by Gasteiger charge is 2.23. The van der Waals surface area contributed by atoms with Crippen LogP contribution < -0.4 is 0 Å². The van der Waals surface area contributed by atoms with Gasteiger partial charge in [-0.1, -0.05) is 12.1 Å². The monoisotopic (exact) mass is 294 g/mol. The predicted molar refractivity (Wildman–Crippen MR) is 72.7 cm³/mol. The third-order valence-electron chi connectivity index (χ3n) is 2.58. The normalized spacial score (nSPS) is 12.3. The third kappa shape index (κ3) is 3.78. The van der Waals surface area contributed by atoms with Gasteiger partial charge in [-0.15, -0.1) is 0 Å². The van der Waals surface area contributed by atoms with Gasteiger partial charge >= 0.3 is 6.16 Å². The van der Waals surface area contributed by atoms with E-state index in [1.807, 2.05) is 0 Å². The first-order valence-corrected chi connectivity index (χ1v) is 6.23. The van der Waals surface area contributed by atoms with E-state index in [0.717, 1.165) is 0 Å². The lowest BCUT2D eigenvalue weighted by molar-refractivity contribution is 0.0219. The minimum atomic E-state index is -1.21. The minimum Gasteiger partial charge on any atom is -0.409 e. The number of rotatable bonds is 4. The summed E-state index contributed by atoms with van der Waals surface area (Å²) in [5.74, 6) is 0. The molecule has 0 aliphatic carbocycles.